The van der Waals surface area contributed by atoms with Crippen molar-refractivity contribution in [1.82, 2.24) is 0 Å². The lowest BCUT2D eigenvalue weighted by Crippen LogP contribution is -1.85. The van der Waals surface area contributed by atoms with Crippen molar-refractivity contribution >= 4 is 0 Å². The maximum atomic E-state index is 9.89. The number of benzene rings is 2. The Bertz CT molecular complexity index is 574. The summed E-state index contributed by atoms with van der Waals surface area (Å²) >= 11 is 0. The van der Waals surface area contributed by atoms with E-state index in [0.717, 1.165) is 5.56 Å². The highest BCUT2D eigenvalue weighted by Crippen LogP contribution is 2.44. The Labute approximate surface area is 99.6 Å². The van der Waals surface area contributed by atoms with E-state index in [2.05, 4.69) is 0 Å². The first-order valence-corrected chi connectivity index (χ1v) is 5.32. The Morgan fingerprint density at radius 3 is 2.24 bits per heavy atom. The predicted octanol–water partition coefficient (Wildman–Crippen LogP) is 3.09. The number of phenolic OH excluding ortho intramolecular Hbond substituents is 3. The average molecular weight is 230 g/mol. The van der Waals surface area contributed by atoms with E-state index in [1.807, 2.05) is 25.1 Å². The zero-order valence-corrected chi connectivity index (χ0v) is 9.73. The second kappa shape index (κ2) is 4.01. The van der Waals surface area contributed by atoms with Crippen LogP contribution in [-0.2, 0) is 0 Å². The average Bonchev–Trinajstić information content (AvgIpc) is 2.26. The topological polar surface area (TPSA) is 60.7 Å². The van der Waals surface area contributed by atoms with Gasteiger partial charge in [-0.2, -0.15) is 0 Å². The van der Waals surface area contributed by atoms with Gasteiger partial charge in [0, 0.05) is 0 Å². The van der Waals surface area contributed by atoms with Gasteiger partial charge in [-0.05, 0) is 31.0 Å². The smallest absolute Gasteiger partial charge is 0.169 e. The van der Waals surface area contributed by atoms with Crippen LogP contribution in [-0.4, -0.2) is 15.3 Å². The van der Waals surface area contributed by atoms with E-state index in [1.165, 1.54) is 6.07 Å². The van der Waals surface area contributed by atoms with Gasteiger partial charge in [0.1, 0.15) is 5.75 Å². The minimum absolute atomic E-state index is 0.0385. The zero-order chi connectivity index (χ0) is 12.6. The van der Waals surface area contributed by atoms with Crippen LogP contribution in [0.4, 0.5) is 0 Å². The highest BCUT2D eigenvalue weighted by atomic mass is 16.3. The number of hydrogen-bond acceptors (Lipinski definition) is 3. The Balaban J connectivity index is 2.72. The van der Waals surface area contributed by atoms with Gasteiger partial charge in [0.05, 0.1) is 5.56 Å². The Hall–Kier alpha value is -2.16. The third-order valence-corrected chi connectivity index (χ3v) is 2.75. The standard InChI is InChI=1S/C14H14O3/c1-8-4-3-5-10(6-8)12-11(15)7-9(2)13(16)14(12)17/h3-7,15-17H,1-2H3. The van der Waals surface area contributed by atoms with E-state index in [0.29, 0.717) is 11.1 Å². The van der Waals surface area contributed by atoms with Crippen LogP contribution in [0.25, 0.3) is 11.1 Å². The predicted molar refractivity (Wildman–Crippen MR) is 66.3 cm³/mol. The van der Waals surface area contributed by atoms with Gasteiger partial charge < -0.3 is 15.3 Å². The maximum Gasteiger partial charge on any atom is 0.169 e. The van der Waals surface area contributed by atoms with Crippen molar-refractivity contribution in [1.29, 1.82) is 0 Å². The summed E-state index contributed by atoms with van der Waals surface area (Å²) < 4.78 is 0. The minimum atomic E-state index is -0.284. The van der Waals surface area contributed by atoms with Crippen LogP contribution in [0.1, 0.15) is 11.1 Å². The molecule has 0 unspecified atom stereocenters. The van der Waals surface area contributed by atoms with Gasteiger partial charge in [-0.25, -0.2) is 0 Å². The molecule has 0 fully saturated rings. The van der Waals surface area contributed by atoms with Crippen LogP contribution in [0.5, 0.6) is 17.2 Å². The second-order valence-electron chi connectivity index (χ2n) is 4.15. The van der Waals surface area contributed by atoms with Crippen molar-refractivity contribution in [3.05, 3.63) is 41.5 Å². The molecule has 0 radical (unpaired) electrons. The van der Waals surface area contributed by atoms with Gasteiger partial charge in [0.2, 0.25) is 0 Å². The van der Waals surface area contributed by atoms with Crippen LogP contribution in [0, 0.1) is 13.8 Å². The molecule has 2 aromatic carbocycles. The Morgan fingerprint density at radius 2 is 1.59 bits per heavy atom. The lowest BCUT2D eigenvalue weighted by Gasteiger charge is -2.11. The fraction of sp³-hybridized carbons (Fsp3) is 0.143. The lowest BCUT2D eigenvalue weighted by atomic mass is 9.99. The lowest BCUT2D eigenvalue weighted by molar-refractivity contribution is 0.396. The van der Waals surface area contributed by atoms with Gasteiger partial charge in [0.15, 0.2) is 11.5 Å². The van der Waals surface area contributed by atoms with E-state index in [9.17, 15) is 15.3 Å². The third-order valence-electron chi connectivity index (χ3n) is 2.75. The first-order chi connectivity index (χ1) is 8.00. The number of hydrogen-bond donors (Lipinski definition) is 3. The van der Waals surface area contributed by atoms with Crippen LogP contribution < -0.4 is 0 Å². The zero-order valence-electron chi connectivity index (χ0n) is 9.73. The Morgan fingerprint density at radius 1 is 0.882 bits per heavy atom. The molecule has 0 atom stereocenters. The van der Waals surface area contributed by atoms with Gasteiger partial charge in [-0.3, -0.25) is 0 Å². The normalized spacial score (nSPS) is 10.5. The van der Waals surface area contributed by atoms with E-state index < -0.39 is 0 Å². The molecular weight excluding hydrogens is 216 g/mol. The maximum absolute atomic E-state index is 9.89. The Kier molecular flexibility index (Phi) is 2.68. The fourth-order valence-corrected chi connectivity index (χ4v) is 1.86. The SMILES string of the molecule is Cc1cccc(-c2c(O)cc(C)c(O)c2O)c1. The van der Waals surface area contributed by atoms with Crippen molar-refractivity contribution in [2.45, 2.75) is 13.8 Å². The van der Waals surface area contributed by atoms with Crippen molar-refractivity contribution in [3.8, 4) is 28.4 Å². The molecule has 0 aliphatic heterocycles. The summed E-state index contributed by atoms with van der Waals surface area (Å²) in [5, 5.41) is 29.4. The molecule has 3 nitrogen and oxygen atoms in total. The van der Waals surface area contributed by atoms with Crippen LogP contribution in [0.15, 0.2) is 30.3 Å². The molecule has 0 saturated heterocycles. The summed E-state index contributed by atoms with van der Waals surface area (Å²) in [5.74, 6) is -0.518. The van der Waals surface area contributed by atoms with Gasteiger partial charge in [-0.15, -0.1) is 0 Å². The van der Waals surface area contributed by atoms with Crippen molar-refractivity contribution < 1.29 is 15.3 Å². The van der Waals surface area contributed by atoms with E-state index in [-0.39, 0.29) is 22.8 Å². The van der Waals surface area contributed by atoms with Crippen LogP contribution >= 0.6 is 0 Å². The van der Waals surface area contributed by atoms with Gasteiger partial charge >= 0.3 is 0 Å². The summed E-state index contributed by atoms with van der Waals surface area (Å²) in [5.41, 5.74) is 2.39. The quantitative estimate of drug-likeness (QED) is 0.521. The fourth-order valence-electron chi connectivity index (χ4n) is 1.86. The highest BCUT2D eigenvalue weighted by Gasteiger charge is 2.16. The van der Waals surface area contributed by atoms with Gasteiger partial charge in [0.25, 0.3) is 0 Å². The molecule has 3 heteroatoms. The molecule has 0 aliphatic rings. The van der Waals surface area contributed by atoms with Crippen molar-refractivity contribution in [2.24, 2.45) is 0 Å². The number of aromatic hydroxyl groups is 3. The van der Waals surface area contributed by atoms with E-state index >= 15 is 0 Å². The third kappa shape index (κ3) is 1.91. The molecule has 0 spiro atoms. The molecule has 3 N–H and O–H groups in total. The molecular formula is C14H14O3. The number of aryl methyl sites for hydroxylation is 2. The minimum Gasteiger partial charge on any atom is -0.507 e. The summed E-state index contributed by atoms with van der Waals surface area (Å²) in [4.78, 5) is 0. The summed E-state index contributed by atoms with van der Waals surface area (Å²) in [7, 11) is 0. The number of phenols is 3. The van der Waals surface area contributed by atoms with Crippen LogP contribution in [0.2, 0.25) is 0 Å². The number of rotatable bonds is 1. The highest BCUT2D eigenvalue weighted by molar-refractivity contribution is 5.80. The van der Waals surface area contributed by atoms with Crippen LogP contribution in [0.3, 0.4) is 0 Å². The summed E-state index contributed by atoms with van der Waals surface area (Å²) in [6, 6.07) is 8.80. The second-order valence-corrected chi connectivity index (χ2v) is 4.15. The molecule has 0 aliphatic carbocycles. The van der Waals surface area contributed by atoms with Crippen molar-refractivity contribution in [2.75, 3.05) is 0 Å². The molecule has 0 heterocycles. The first kappa shape index (κ1) is 11.3. The monoisotopic (exact) mass is 230 g/mol. The van der Waals surface area contributed by atoms with E-state index in [1.54, 1.807) is 13.0 Å². The summed E-state index contributed by atoms with van der Waals surface area (Å²) in [6.45, 7) is 3.54. The molecule has 0 amide bonds. The van der Waals surface area contributed by atoms with Crippen molar-refractivity contribution in [3.63, 3.8) is 0 Å². The molecule has 88 valence electrons. The molecule has 17 heavy (non-hydrogen) atoms. The molecule has 2 aromatic rings. The van der Waals surface area contributed by atoms with Gasteiger partial charge in [-0.1, -0.05) is 29.8 Å². The van der Waals surface area contributed by atoms with E-state index in [4.69, 9.17) is 0 Å². The molecule has 2 rings (SSSR count). The molecule has 0 saturated carbocycles. The molecule has 0 bridgehead atoms. The summed E-state index contributed by atoms with van der Waals surface area (Å²) in [6.07, 6.45) is 0. The first-order valence-electron chi connectivity index (χ1n) is 5.32. The molecule has 0 aromatic heterocycles. The largest absolute Gasteiger partial charge is 0.507 e.